The third-order valence-corrected chi connectivity index (χ3v) is 4.74. The smallest absolute Gasteiger partial charge is 0.192 e. The highest BCUT2D eigenvalue weighted by molar-refractivity contribution is 6.30. The van der Waals surface area contributed by atoms with Crippen molar-refractivity contribution in [1.82, 2.24) is 29.6 Å². The van der Waals surface area contributed by atoms with Gasteiger partial charge in [0.1, 0.15) is 12.1 Å². The Labute approximate surface area is 158 Å². The number of rotatable bonds is 3. The second-order valence-corrected chi connectivity index (χ2v) is 6.44. The lowest BCUT2D eigenvalue weighted by atomic mass is 10.1. The SMILES string of the molecule is COc1ccc(-n2cc(-c3ccc(Cl)cc3)c3c2ncn2nnnc32)cc1. The molecule has 5 rings (SSSR count). The van der Waals surface area contributed by atoms with E-state index in [0.29, 0.717) is 10.7 Å². The van der Waals surface area contributed by atoms with Crippen molar-refractivity contribution in [2.75, 3.05) is 7.11 Å². The predicted molar refractivity (Wildman–Crippen MR) is 102 cm³/mol. The molecule has 0 aliphatic carbocycles. The van der Waals surface area contributed by atoms with Gasteiger partial charge in [-0.1, -0.05) is 23.7 Å². The highest BCUT2D eigenvalue weighted by Crippen LogP contribution is 2.34. The van der Waals surface area contributed by atoms with Crippen LogP contribution >= 0.6 is 11.6 Å². The van der Waals surface area contributed by atoms with E-state index in [4.69, 9.17) is 16.3 Å². The number of halogens is 1. The maximum Gasteiger partial charge on any atom is 0.192 e. The van der Waals surface area contributed by atoms with Crippen LogP contribution in [0.4, 0.5) is 0 Å². The van der Waals surface area contributed by atoms with Gasteiger partial charge in [0.05, 0.1) is 12.5 Å². The lowest BCUT2D eigenvalue weighted by Crippen LogP contribution is -1.96. The summed E-state index contributed by atoms with van der Waals surface area (Å²) in [6, 6.07) is 15.5. The van der Waals surface area contributed by atoms with Gasteiger partial charge < -0.3 is 9.30 Å². The van der Waals surface area contributed by atoms with Crippen molar-refractivity contribution in [3.05, 3.63) is 66.1 Å². The van der Waals surface area contributed by atoms with Crippen molar-refractivity contribution in [2.24, 2.45) is 0 Å². The molecular weight excluding hydrogens is 364 g/mol. The molecule has 132 valence electrons. The molecule has 0 fully saturated rings. The molecule has 8 heteroatoms. The molecule has 0 aliphatic rings. The van der Waals surface area contributed by atoms with Crippen LogP contribution in [0.1, 0.15) is 0 Å². The summed E-state index contributed by atoms with van der Waals surface area (Å²) >= 11 is 6.06. The summed E-state index contributed by atoms with van der Waals surface area (Å²) in [4.78, 5) is 4.59. The molecule has 0 saturated carbocycles. The van der Waals surface area contributed by atoms with Gasteiger partial charge in [-0.3, -0.25) is 0 Å². The first kappa shape index (κ1) is 15.8. The highest BCUT2D eigenvalue weighted by atomic mass is 35.5. The van der Waals surface area contributed by atoms with Gasteiger partial charge in [-0.25, -0.2) is 4.98 Å². The fourth-order valence-electron chi connectivity index (χ4n) is 3.18. The van der Waals surface area contributed by atoms with E-state index in [1.807, 2.05) is 59.3 Å². The van der Waals surface area contributed by atoms with E-state index < -0.39 is 0 Å². The molecule has 3 aromatic heterocycles. The van der Waals surface area contributed by atoms with E-state index in [0.717, 1.165) is 33.6 Å². The van der Waals surface area contributed by atoms with E-state index in [2.05, 4.69) is 20.5 Å². The summed E-state index contributed by atoms with van der Waals surface area (Å²) in [7, 11) is 1.65. The molecule has 0 atom stereocenters. The molecule has 0 bridgehead atoms. The molecule has 27 heavy (non-hydrogen) atoms. The normalized spacial score (nSPS) is 11.3. The molecule has 0 spiro atoms. The second-order valence-electron chi connectivity index (χ2n) is 6.01. The monoisotopic (exact) mass is 376 g/mol. The maximum absolute atomic E-state index is 6.06. The number of benzene rings is 2. The molecule has 0 saturated heterocycles. The van der Waals surface area contributed by atoms with Crippen molar-refractivity contribution in [1.29, 1.82) is 0 Å². The van der Waals surface area contributed by atoms with Crippen LogP contribution in [0.2, 0.25) is 5.02 Å². The third-order valence-electron chi connectivity index (χ3n) is 4.49. The first-order valence-electron chi connectivity index (χ1n) is 8.23. The Hall–Kier alpha value is -3.45. The Kier molecular flexibility index (Phi) is 3.54. The number of tetrazole rings is 1. The van der Waals surface area contributed by atoms with Crippen LogP contribution in [0.15, 0.2) is 61.1 Å². The average Bonchev–Trinajstić information content (AvgIpc) is 3.33. The van der Waals surface area contributed by atoms with Crippen LogP contribution in [-0.4, -0.2) is 36.7 Å². The Morgan fingerprint density at radius 2 is 1.74 bits per heavy atom. The van der Waals surface area contributed by atoms with Crippen molar-refractivity contribution in [2.45, 2.75) is 0 Å². The molecule has 3 heterocycles. The number of hydrogen-bond donors (Lipinski definition) is 0. The summed E-state index contributed by atoms with van der Waals surface area (Å²) in [5.74, 6) is 0.796. The number of nitrogens with zero attached hydrogens (tertiary/aromatic N) is 6. The predicted octanol–water partition coefficient (Wildman–Crippen LogP) is 3.79. The van der Waals surface area contributed by atoms with Crippen molar-refractivity contribution < 1.29 is 4.74 Å². The zero-order chi connectivity index (χ0) is 18.4. The van der Waals surface area contributed by atoms with E-state index in [9.17, 15) is 0 Å². The molecule has 0 N–H and O–H groups in total. The fraction of sp³-hybridized carbons (Fsp3) is 0.0526. The first-order valence-corrected chi connectivity index (χ1v) is 8.60. The van der Waals surface area contributed by atoms with Crippen LogP contribution < -0.4 is 4.74 Å². The number of ether oxygens (including phenoxy) is 1. The summed E-state index contributed by atoms with van der Waals surface area (Å²) in [5.41, 5.74) is 4.37. The van der Waals surface area contributed by atoms with Crippen LogP contribution in [0.25, 0.3) is 33.5 Å². The van der Waals surface area contributed by atoms with Gasteiger partial charge >= 0.3 is 0 Å². The zero-order valence-corrected chi connectivity index (χ0v) is 15.0. The zero-order valence-electron chi connectivity index (χ0n) is 14.2. The fourth-order valence-corrected chi connectivity index (χ4v) is 3.30. The molecule has 0 aliphatic heterocycles. The van der Waals surface area contributed by atoms with Crippen LogP contribution in [0, 0.1) is 0 Å². The van der Waals surface area contributed by atoms with Gasteiger partial charge in [-0.2, -0.15) is 4.52 Å². The number of fused-ring (bicyclic) bond motifs is 3. The van der Waals surface area contributed by atoms with Crippen LogP contribution in [-0.2, 0) is 0 Å². The van der Waals surface area contributed by atoms with Crippen LogP contribution in [0.3, 0.4) is 0 Å². The topological polar surface area (TPSA) is 70.1 Å². The van der Waals surface area contributed by atoms with Crippen molar-refractivity contribution in [3.8, 4) is 22.6 Å². The summed E-state index contributed by atoms with van der Waals surface area (Å²) < 4.78 is 8.85. The number of hydrogen-bond acceptors (Lipinski definition) is 5. The lowest BCUT2D eigenvalue weighted by molar-refractivity contribution is 0.415. The average molecular weight is 377 g/mol. The minimum atomic E-state index is 0.650. The molecule has 0 amide bonds. The maximum atomic E-state index is 6.06. The first-order chi connectivity index (χ1) is 13.2. The van der Waals surface area contributed by atoms with E-state index in [-0.39, 0.29) is 0 Å². The van der Waals surface area contributed by atoms with Crippen molar-refractivity contribution >= 4 is 28.3 Å². The van der Waals surface area contributed by atoms with E-state index in [1.165, 1.54) is 0 Å². The summed E-state index contributed by atoms with van der Waals surface area (Å²) in [5, 5.41) is 13.5. The summed E-state index contributed by atoms with van der Waals surface area (Å²) in [6.07, 6.45) is 3.65. The van der Waals surface area contributed by atoms with E-state index in [1.54, 1.807) is 18.0 Å². The standard InChI is InChI=1S/C19H13ClN6O/c1-27-15-8-6-14(7-9-15)25-10-16(12-2-4-13(20)5-3-12)17-18(25)21-11-26-19(17)22-23-24-26/h2-11H,1H3. The van der Waals surface area contributed by atoms with Gasteiger partial charge in [-0.05, 0) is 52.4 Å². The third kappa shape index (κ3) is 2.51. The molecular formula is C19H13ClN6O. The van der Waals surface area contributed by atoms with Gasteiger partial charge in [0.2, 0.25) is 0 Å². The highest BCUT2D eigenvalue weighted by Gasteiger charge is 2.18. The van der Waals surface area contributed by atoms with Gasteiger partial charge in [0.15, 0.2) is 11.3 Å². The minimum Gasteiger partial charge on any atom is -0.497 e. The lowest BCUT2D eigenvalue weighted by Gasteiger charge is -2.06. The number of aromatic nitrogens is 6. The Balaban J connectivity index is 1.82. The molecule has 2 aromatic carbocycles. The summed E-state index contributed by atoms with van der Waals surface area (Å²) in [6.45, 7) is 0. The number of methoxy groups -OCH3 is 1. The van der Waals surface area contributed by atoms with Gasteiger partial charge in [0, 0.05) is 22.5 Å². The molecule has 5 aromatic rings. The van der Waals surface area contributed by atoms with Crippen LogP contribution in [0.5, 0.6) is 5.75 Å². The minimum absolute atomic E-state index is 0.650. The van der Waals surface area contributed by atoms with Gasteiger partial charge in [0.25, 0.3) is 0 Å². The Morgan fingerprint density at radius 3 is 2.48 bits per heavy atom. The Bertz CT molecular complexity index is 1260. The quantitative estimate of drug-likeness (QED) is 0.479. The van der Waals surface area contributed by atoms with Crippen molar-refractivity contribution in [3.63, 3.8) is 0 Å². The Morgan fingerprint density at radius 1 is 0.963 bits per heavy atom. The second kappa shape index (κ2) is 6.07. The molecule has 0 unspecified atom stereocenters. The van der Waals surface area contributed by atoms with E-state index >= 15 is 0 Å². The largest absolute Gasteiger partial charge is 0.497 e. The molecule has 0 radical (unpaired) electrons. The molecule has 7 nitrogen and oxygen atoms in total. The van der Waals surface area contributed by atoms with Gasteiger partial charge in [-0.15, -0.1) is 5.10 Å².